The van der Waals surface area contributed by atoms with Crippen LogP contribution in [-0.4, -0.2) is 59.4 Å². The van der Waals surface area contributed by atoms with Crippen LogP contribution in [0.3, 0.4) is 0 Å². The molecule has 54 heavy (non-hydrogen) atoms. The summed E-state index contributed by atoms with van der Waals surface area (Å²) in [6.45, 7) is -0.184. The van der Waals surface area contributed by atoms with E-state index in [4.69, 9.17) is 9.47 Å². The molecule has 0 amide bonds. The number of methoxy groups -OCH3 is 1. The van der Waals surface area contributed by atoms with Crippen molar-refractivity contribution in [1.82, 2.24) is 19.7 Å². The number of aromatic amines is 1. The molecule has 5 aromatic carbocycles. The molecule has 0 bridgehead atoms. The summed E-state index contributed by atoms with van der Waals surface area (Å²) in [5.41, 5.74) is 3.96. The van der Waals surface area contributed by atoms with Crippen molar-refractivity contribution in [3.8, 4) is 28.4 Å². The highest BCUT2D eigenvalue weighted by atomic mass is 32.2. The molecule has 272 valence electrons. The molecule has 7 rings (SSSR count). The highest BCUT2D eigenvalue weighted by molar-refractivity contribution is 7.99. The lowest BCUT2D eigenvalue weighted by atomic mass is 10.0. The maximum Gasteiger partial charge on any atom is 0.316 e. The van der Waals surface area contributed by atoms with Gasteiger partial charge in [-0.3, -0.25) is 18.9 Å². The number of H-pyrrole nitrogens is 1. The molecule has 2 aromatic heterocycles. The monoisotopic (exact) mass is 761 g/mol. The number of rotatable bonds is 14. The van der Waals surface area contributed by atoms with E-state index in [1.165, 1.54) is 31.4 Å². The number of ether oxygens (including phenoxy) is 2. The topological polar surface area (TPSA) is 145 Å². The Labute approximate surface area is 314 Å². The number of aromatic nitrogens is 4. The number of nitrogens with zero attached hydrogens (tertiary/aromatic N) is 3. The number of ketones is 1. The lowest BCUT2D eigenvalue weighted by Crippen LogP contribution is -2.16. The molecule has 2 N–H and O–H groups in total. The fourth-order valence-corrected chi connectivity index (χ4v) is 7.68. The van der Waals surface area contributed by atoms with E-state index in [2.05, 4.69) is 19.9 Å². The number of carbonyl (C=O) groups is 2. The van der Waals surface area contributed by atoms with Crippen LogP contribution in [0.5, 0.6) is 5.75 Å². The largest absolute Gasteiger partial charge is 0.497 e. The Bertz CT molecular complexity index is 2560. The van der Waals surface area contributed by atoms with Gasteiger partial charge in [0.25, 0.3) is 10.0 Å². The molecule has 0 spiro atoms. The maximum atomic E-state index is 13.7. The summed E-state index contributed by atoms with van der Waals surface area (Å²) >= 11 is 1.08. The van der Waals surface area contributed by atoms with Crippen LogP contribution >= 0.6 is 11.8 Å². The van der Waals surface area contributed by atoms with Crippen LogP contribution in [0.25, 0.3) is 33.5 Å². The third kappa shape index (κ3) is 8.04. The van der Waals surface area contributed by atoms with Crippen molar-refractivity contribution in [1.29, 1.82) is 0 Å². The molecule has 0 aliphatic heterocycles. The first-order chi connectivity index (χ1) is 26.2. The second-order valence-corrected chi connectivity index (χ2v) is 14.7. The van der Waals surface area contributed by atoms with Crippen molar-refractivity contribution in [2.45, 2.75) is 16.6 Å². The lowest BCUT2D eigenvalue weighted by molar-refractivity contribution is -0.139. The Morgan fingerprint density at radius 2 is 1.59 bits per heavy atom. The summed E-state index contributed by atoms with van der Waals surface area (Å²) in [4.78, 5) is 29.9. The second kappa shape index (κ2) is 15.8. The van der Waals surface area contributed by atoms with Crippen molar-refractivity contribution < 1.29 is 31.9 Å². The molecule has 7 aromatic rings. The number of hydrogen-bond acceptors (Lipinski definition) is 9. The molecule has 11 nitrogen and oxygen atoms in total. The molecule has 0 fully saturated rings. The van der Waals surface area contributed by atoms with E-state index in [9.17, 15) is 22.4 Å². The summed E-state index contributed by atoms with van der Waals surface area (Å²) in [5.74, 6) is -0.671. The molecule has 14 heteroatoms. The van der Waals surface area contributed by atoms with Gasteiger partial charge in [-0.15, -0.1) is 10.2 Å². The minimum absolute atomic E-state index is 0.0188. The van der Waals surface area contributed by atoms with Gasteiger partial charge in [-0.1, -0.05) is 72.4 Å². The van der Waals surface area contributed by atoms with Crippen molar-refractivity contribution in [3.05, 3.63) is 144 Å². The molecular weight excluding hydrogens is 730 g/mol. The quantitative estimate of drug-likeness (QED) is 0.0650. The van der Waals surface area contributed by atoms with Crippen LogP contribution in [-0.2, 0) is 26.1 Å². The number of sulfonamides is 1. The molecular formula is C40H32FN5O6S2. The number of fused-ring (bicyclic) bond motifs is 1. The van der Waals surface area contributed by atoms with Gasteiger partial charge in [-0.2, -0.15) is 0 Å². The highest BCUT2D eigenvalue weighted by Gasteiger charge is 2.23. The van der Waals surface area contributed by atoms with E-state index < -0.39 is 34.2 Å². The summed E-state index contributed by atoms with van der Waals surface area (Å²) in [6.07, 6.45) is 0. The lowest BCUT2D eigenvalue weighted by Gasteiger charge is -2.12. The van der Waals surface area contributed by atoms with Crippen LogP contribution in [0.4, 0.5) is 10.1 Å². The van der Waals surface area contributed by atoms with E-state index in [0.29, 0.717) is 62.2 Å². The number of carbonyl (C=O) groups excluding carboxylic acids is 2. The first-order valence-corrected chi connectivity index (χ1v) is 19.1. The van der Waals surface area contributed by atoms with Crippen LogP contribution in [0.2, 0.25) is 0 Å². The van der Waals surface area contributed by atoms with Crippen LogP contribution < -0.4 is 9.46 Å². The standard InChI is InChI=1S/C40H32FN5O6S2/c1-51-31-20-18-30(19-21-31)45-54(49,50)32-11-7-10-28(22-32)39-43-44-40(46(39)23-26-8-3-2-4-9-26)53-25-36(48)52-24-35(47)37-33-12-5-6-13-34(33)42-38(37)27-14-16-29(41)17-15-27/h2-22,42,45H,23-25H2,1H3. The summed E-state index contributed by atoms with van der Waals surface area (Å²) in [7, 11) is -2.44. The maximum absolute atomic E-state index is 13.7. The Hall–Kier alpha value is -6.25. The molecule has 0 saturated heterocycles. The fraction of sp³-hybridized carbons (Fsp3) is 0.100. The van der Waals surface area contributed by atoms with Gasteiger partial charge in [-0.05, 0) is 77.9 Å². The third-order valence-corrected chi connectivity index (χ3v) is 10.8. The van der Waals surface area contributed by atoms with Crippen molar-refractivity contribution in [3.63, 3.8) is 0 Å². The zero-order valence-electron chi connectivity index (χ0n) is 28.7. The molecule has 0 aliphatic carbocycles. The van der Waals surface area contributed by atoms with Gasteiger partial charge >= 0.3 is 5.97 Å². The average Bonchev–Trinajstić information content (AvgIpc) is 3.78. The van der Waals surface area contributed by atoms with Gasteiger partial charge in [0, 0.05) is 22.2 Å². The van der Waals surface area contributed by atoms with Gasteiger partial charge in [-0.25, -0.2) is 12.8 Å². The first kappa shape index (κ1) is 36.1. The van der Waals surface area contributed by atoms with Crippen LogP contribution in [0.1, 0.15) is 15.9 Å². The number of anilines is 1. The number of thioether (sulfide) groups is 1. The first-order valence-electron chi connectivity index (χ1n) is 16.6. The molecule has 0 atom stereocenters. The molecule has 2 heterocycles. The van der Waals surface area contributed by atoms with Crippen molar-refractivity contribution in [2.75, 3.05) is 24.2 Å². The normalized spacial score (nSPS) is 11.4. The molecule has 0 aliphatic rings. The predicted molar refractivity (Wildman–Crippen MR) is 205 cm³/mol. The number of hydrogen-bond donors (Lipinski definition) is 2. The summed E-state index contributed by atoms with van der Waals surface area (Å²) < 4.78 is 55.4. The van der Waals surface area contributed by atoms with Crippen molar-refractivity contribution in [2.24, 2.45) is 0 Å². The number of benzene rings is 5. The Morgan fingerprint density at radius 1 is 0.852 bits per heavy atom. The van der Waals surface area contributed by atoms with E-state index >= 15 is 0 Å². The second-order valence-electron chi connectivity index (χ2n) is 12.0. The third-order valence-electron chi connectivity index (χ3n) is 8.45. The van der Waals surface area contributed by atoms with Gasteiger partial charge < -0.3 is 14.5 Å². The van der Waals surface area contributed by atoms with Crippen LogP contribution in [0, 0.1) is 5.82 Å². The number of halogens is 1. The number of nitrogens with one attached hydrogen (secondary N) is 2. The van der Waals surface area contributed by atoms with E-state index in [-0.39, 0.29) is 10.6 Å². The van der Waals surface area contributed by atoms with Gasteiger partial charge in [0.15, 0.2) is 17.6 Å². The Kier molecular flexibility index (Phi) is 10.6. The van der Waals surface area contributed by atoms with E-state index in [0.717, 1.165) is 17.3 Å². The smallest absolute Gasteiger partial charge is 0.316 e. The molecule has 0 unspecified atom stereocenters. The fourth-order valence-electron chi connectivity index (χ4n) is 5.84. The minimum atomic E-state index is -3.97. The van der Waals surface area contributed by atoms with E-state index in [1.54, 1.807) is 65.2 Å². The Morgan fingerprint density at radius 3 is 2.35 bits per heavy atom. The van der Waals surface area contributed by atoms with Gasteiger partial charge in [0.1, 0.15) is 11.6 Å². The molecule has 0 saturated carbocycles. The number of para-hydroxylation sites is 1. The predicted octanol–water partition coefficient (Wildman–Crippen LogP) is 7.61. The van der Waals surface area contributed by atoms with Crippen LogP contribution in [0.15, 0.2) is 137 Å². The minimum Gasteiger partial charge on any atom is -0.497 e. The summed E-state index contributed by atoms with van der Waals surface area (Å²) in [6, 6.07) is 35.5. The SMILES string of the molecule is COc1ccc(NS(=O)(=O)c2cccc(-c3nnc(SCC(=O)OCC(=O)c4c(-c5ccc(F)cc5)[nH]c5ccccc45)n3Cc3ccccc3)c2)cc1. The zero-order chi connectivity index (χ0) is 37.7. The number of Topliss-reactive ketones (excluding diaryl/α,β-unsaturated/α-hetero) is 1. The van der Waals surface area contributed by atoms with Gasteiger partial charge in [0.2, 0.25) is 5.78 Å². The zero-order valence-corrected chi connectivity index (χ0v) is 30.4. The van der Waals surface area contributed by atoms with Gasteiger partial charge in [0.05, 0.1) is 35.6 Å². The van der Waals surface area contributed by atoms with E-state index in [1.807, 2.05) is 42.5 Å². The van der Waals surface area contributed by atoms with Crippen molar-refractivity contribution >= 4 is 50.1 Å². The molecule has 0 radical (unpaired) electrons. The Balaban J connectivity index is 1.09. The summed E-state index contributed by atoms with van der Waals surface area (Å²) in [5, 5.41) is 9.79. The average molecular weight is 762 g/mol. The highest BCUT2D eigenvalue weighted by Crippen LogP contribution is 2.32. The number of esters is 1.